The van der Waals surface area contributed by atoms with E-state index in [0.717, 1.165) is 31.6 Å². The molecule has 0 radical (unpaired) electrons. The van der Waals surface area contributed by atoms with Crippen molar-refractivity contribution in [1.82, 2.24) is 9.78 Å². The van der Waals surface area contributed by atoms with Crippen LogP contribution >= 0.6 is 15.9 Å². The lowest BCUT2D eigenvalue weighted by Gasteiger charge is -2.32. The van der Waals surface area contributed by atoms with Gasteiger partial charge in [0.1, 0.15) is 4.47 Å². The molecule has 19 heavy (non-hydrogen) atoms. The van der Waals surface area contributed by atoms with Gasteiger partial charge >= 0.3 is 0 Å². The summed E-state index contributed by atoms with van der Waals surface area (Å²) in [6.07, 6.45) is 3.88. The highest BCUT2D eigenvalue weighted by molar-refractivity contribution is 9.10. The average molecular weight is 329 g/mol. The average Bonchev–Trinajstić information content (AvgIpc) is 2.35. The molecule has 1 aromatic rings. The highest BCUT2D eigenvalue weighted by atomic mass is 79.9. The second-order valence-corrected chi connectivity index (χ2v) is 6.37. The summed E-state index contributed by atoms with van der Waals surface area (Å²) in [5.41, 5.74) is 6.78. The molecule has 0 spiro atoms. The van der Waals surface area contributed by atoms with E-state index in [1.165, 1.54) is 4.68 Å². The number of nitrogens with zero attached hydrogens (tertiary/aromatic N) is 3. The summed E-state index contributed by atoms with van der Waals surface area (Å²) >= 11 is 3.42. The molecule has 1 atom stereocenters. The van der Waals surface area contributed by atoms with Gasteiger partial charge in [-0.15, -0.1) is 0 Å². The lowest BCUT2D eigenvalue weighted by Crippen LogP contribution is -2.43. The number of nitrogens with two attached hydrogens (primary N) is 1. The van der Waals surface area contributed by atoms with Gasteiger partial charge in [-0.05, 0) is 34.7 Å². The Morgan fingerprint density at radius 1 is 1.58 bits per heavy atom. The van der Waals surface area contributed by atoms with Gasteiger partial charge in [-0.2, -0.15) is 5.10 Å². The van der Waals surface area contributed by atoms with Gasteiger partial charge in [0.05, 0.1) is 11.9 Å². The fourth-order valence-corrected chi connectivity index (χ4v) is 2.94. The second-order valence-electron chi connectivity index (χ2n) is 5.57. The Kier molecular flexibility index (Phi) is 4.62. The minimum absolute atomic E-state index is 0.0645. The van der Waals surface area contributed by atoms with Crippen molar-refractivity contribution >= 4 is 21.6 Å². The van der Waals surface area contributed by atoms with Gasteiger partial charge in [-0.1, -0.05) is 13.8 Å². The number of hydrogen-bond acceptors (Lipinski definition) is 4. The summed E-state index contributed by atoms with van der Waals surface area (Å²) < 4.78 is 2.11. The molecule has 0 amide bonds. The van der Waals surface area contributed by atoms with Crippen LogP contribution in [0, 0.1) is 5.92 Å². The van der Waals surface area contributed by atoms with Crippen molar-refractivity contribution in [1.29, 1.82) is 0 Å². The van der Waals surface area contributed by atoms with Gasteiger partial charge < -0.3 is 10.6 Å². The van der Waals surface area contributed by atoms with Crippen LogP contribution in [0.15, 0.2) is 15.5 Å². The Balaban J connectivity index is 2.28. The van der Waals surface area contributed by atoms with Crippen LogP contribution < -0.4 is 16.2 Å². The largest absolute Gasteiger partial charge is 0.368 e. The van der Waals surface area contributed by atoms with Crippen molar-refractivity contribution in [2.75, 3.05) is 18.0 Å². The van der Waals surface area contributed by atoms with Crippen molar-refractivity contribution in [3.05, 3.63) is 21.0 Å². The molecular formula is C13H21BrN4O. The van der Waals surface area contributed by atoms with E-state index >= 15 is 0 Å². The summed E-state index contributed by atoms with van der Waals surface area (Å²) in [5.74, 6) is 0.395. The SMILES string of the molecule is CC(C)Cn1ncc(N2CCCC(N)C2)c(Br)c1=O. The van der Waals surface area contributed by atoms with E-state index in [9.17, 15) is 4.79 Å². The predicted octanol–water partition coefficient (Wildman–Crippen LogP) is 1.59. The molecule has 2 N–H and O–H groups in total. The molecule has 0 bridgehead atoms. The number of hydrogen-bond donors (Lipinski definition) is 1. The summed E-state index contributed by atoms with van der Waals surface area (Å²) in [4.78, 5) is 14.4. The van der Waals surface area contributed by atoms with Gasteiger partial charge in [-0.25, -0.2) is 4.68 Å². The van der Waals surface area contributed by atoms with Gasteiger partial charge in [0.15, 0.2) is 0 Å². The zero-order valence-electron chi connectivity index (χ0n) is 11.5. The zero-order valence-corrected chi connectivity index (χ0v) is 13.1. The van der Waals surface area contributed by atoms with Crippen LogP contribution in [-0.2, 0) is 6.54 Å². The highest BCUT2D eigenvalue weighted by Crippen LogP contribution is 2.24. The first-order valence-electron chi connectivity index (χ1n) is 6.75. The van der Waals surface area contributed by atoms with E-state index in [1.807, 2.05) is 0 Å². The summed E-state index contributed by atoms with van der Waals surface area (Å²) in [6, 6.07) is 0.179. The van der Waals surface area contributed by atoms with Gasteiger partial charge in [0.2, 0.25) is 0 Å². The summed E-state index contributed by atoms with van der Waals surface area (Å²) in [7, 11) is 0. The van der Waals surface area contributed by atoms with Crippen molar-refractivity contribution in [2.24, 2.45) is 11.7 Å². The fraction of sp³-hybridized carbons (Fsp3) is 0.692. The minimum Gasteiger partial charge on any atom is -0.368 e. The van der Waals surface area contributed by atoms with Crippen molar-refractivity contribution in [2.45, 2.75) is 39.3 Å². The third-order valence-corrected chi connectivity index (χ3v) is 4.05. The first-order chi connectivity index (χ1) is 8.99. The molecule has 2 rings (SSSR count). The Hall–Kier alpha value is -0.880. The first kappa shape index (κ1) is 14.5. The van der Waals surface area contributed by atoms with Crippen LogP contribution in [0.5, 0.6) is 0 Å². The van der Waals surface area contributed by atoms with Crippen LogP contribution in [0.1, 0.15) is 26.7 Å². The number of rotatable bonds is 3. The van der Waals surface area contributed by atoms with Crippen LogP contribution in [0.25, 0.3) is 0 Å². The van der Waals surface area contributed by atoms with E-state index in [0.29, 0.717) is 16.9 Å². The fourth-order valence-electron chi connectivity index (χ4n) is 2.38. The Bertz CT molecular complexity index is 500. The molecule has 0 saturated carbocycles. The quantitative estimate of drug-likeness (QED) is 0.915. The summed E-state index contributed by atoms with van der Waals surface area (Å²) in [6.45, 7) is 6.49. The normalized spacial score (nSPS) is 20.1. The zero-order chi connectivity index (χ0) is 14.0. The van der Waals surface area contributed by atoms with Crippen LogP contribution in [0.4, 0.5) is 5.69 Å². The first-order valence-corrected chi connectivity index (χ1v) is 7.54. The molecular weight excluding hydrogens is 308 g/mol. The second kappa shape index (κ2) is 6.05. The molecule has 5 nitrogen and oxygen atoms in total. The molecule has 0 aromatic carbocycles. The summed E-state index contributed by atoms with van der Waals surface area (Å²) in [5, 5.41) is 4.27. The Morgan fingerprint density at radius 3 is 2.95 bits per heavy atom. The third kappa shape index (κ3) is 3.36. The lowest BCUT2D eigenvalue weighted by molar-refractivity contribution is 0.459. The van der Waals surface area contributed by atoms with E-state index in [2.05, 4.69) is 39.8 Å². The van der Waals surface area contributed by atoms with Crippen molar-refractivity contribution in [3.63, 3.8) is 0 Å². The smallest absolute Gasteiger partial charge is 0.283 e. The Morgan fingerprint density at radius 2 is 2.32 bits per heavy atom. The van der Waals surface area contributed by atoms with Crippen molar-refractivity contribution < 1.29 is 0 Å². The maximum atomic E-state index is 12.2. The lowest BCUT2D eigenvalue weighted by atomic mass is 10.1. The van der Waals surface area contributed by atoms with Crippen LogP contribution in [-0.4, -0.2) is 28.9 Å². The molecule has 6 heteroatoms. The number of aromatic nitrogens is 2. The van der Waals surface area contributed by atoms with Crippen LogP contribution in [0.2, 0.25) is 0 Å². The number of piperidine rings is 1. The standard InChI is InChI=1S/C13H21BrN4O/c1-9(2)7-18-13(19)12(14)11(6-16-18)17-5-3-4-10(15)8-17/h6,9-10H,3-5,7-8,15H2,1-2H3. The van der Waals surface area contributed by atoms with Gasteiger partial charge in [0.25, 0.3) is 5.56 Å². The van der Waals surface area contributed by atoms with Crippen LogP contribution in [0.3, 0.4) is 0 Å². The third-order valence-electron chi connectivity index (χ3n) is 3.30. The van der Waals surface area contributed by atoms with E-state index < -0.39 is 0 Å². The number of anilines is 1. The van der Waals surface area contributed by atoms with Gasteiger partial charge in [0, 0.05) is 25.7 Å². The van der Waals surface area contributed by atoms with Crippen molar-refractivity contribution in [3.8, 4) is 0 Å². The van der Waals surface area contributed by atoms with E-state index in [4.69, 9.17) is 5.73 Å². The molecule has 1 saturated heterocycles. The molecule has 0 aliphatic carbocycles. The number of halogens is 1. The molecule has 1 aliphatic rings. The Labute approximate surface area is 121 Å². The highest BCUT2D eigenvalue weighted by Gasteiger charge is 2.21. The van der Waals surface area contributed by atoms with E-state index in [1.54, 1.807) is 6.20 Å². The molecule has 1 unspecified atom stereocenters. The monoisotopic (exact) mass is 328 g/mol. The topological polar surface area (TPSA) is 64.2 Å². The molecule has 1 fully saturated rings. The van der Waals surface area contributed by atoms with E-state index in [-0.39, 0.29) is 11.6 Å². The molecule has 1 aliphatic heterocycles. The molecule has 1 aromatic heterocycles. The minimum atomic E-state index is -0.0645. The van der Waals surface area contributed by atoms with Gasteiger partial charge in [-0.3, -0.25) is 4.79 Å². The maximum absolute atomic E-state index is 12.2. The maximum Gasteiger partial charge on any atom is 0.283 e. The predicted molar refractivity (Wildman–Crippen MR) is 80.5 cm³/mol. The molecule has 106 valence electrons. The molecule has 2 heterocycles.